The molecule has 2 fully saturated rings. The second-order valence-corrected chi connectivity index (χ2v) is 9.61. The molecular formula is C21H17Cl2F3N2O2S. The van der Waals surface area contributed by atoms with Crippen molar-refractivity contribution in [2.24, 2.45) is 0 Å². The molecule has 0 atom stereocenters. The van der Waals surface area contributed by atoms with Crippen LogP contribution in [-0.4, -0.2) is 40.4 Å². The van der Waals surface area contributed by atoms with E-state index in [9.17, 15) is 22.8 Å². The molecule has 0 bridgehead atoms. The Balaban J connectivity index is 1.55. The molecule has 4 nitrogen and oxygen atoms in total. The van der Waals surface area contributed by atoms with Gasteiger partial charge in [0, 0.05) is 23.8 Å². The smallest absolute Gasteiger partial charge is 0.338 e. The molecule has 2 aromatic rings. The van der Waals surface area contributed by atoms with E-state index < -0.39 is 16.6 Å². The Morgan fingerprint density at radius 1 is 1.06 bits per heavy atom. The van der Waals surface area contributed by atoms with E-state index in [0.717, 1.165) is 12.1 Å². The normalized spacial score (nSPS) is 18.7. The molecule has 1 spiro atoms. The van der Waals surface area contributed by atoms with Crippen LogP contribution in [0.25, 0.3) is 0 Å². The Morgan fingerprint density at radius 3 is 2.42 bits per heavy atom. The van der Waals surface area contributed by atoms with Gasteiger partial charge in [0.15, 0.2) is 0 Å². The number of hydrogen-bond acceptors (Lipinski definition) is 3. The summed E-state index contributed by atoms with van der Waals surface area (Å²) in [7, 11) is 0. The van der Waals surface area contributed by atoms with Crippen molar-refractivity contribution in [1.82, 2.24) is 4.90 Å². The fraction of sp³-hybridized carbons (Fsp3) is 0.333. The Hall–Kier alpha value is -1.90. The minimum Gasteiger partial charge on any atom is -0.338 e. The van der Waals surface area contributed by atoms with Crippen molar-refractivity contribution in [2.75, 3.05) is 23.7 Å². The van der Waals surface area contributed by atoms with Gasteiger partial charge in [0.2, 0.25) is 5.91 Å². The van der Waals surface area contributed by atoms with Gasteiger partial charge in [-0.2, -0.15) is 13.2 Å². The largest absolute Gasteiger partial charge is 0.416 e. The summed E-state index contributed by atoms with van der Waals surface area (Å²) in [6.45, 7) is 0.709. The van der Waals surface area contributed by atoms with Crippen LogP contribution in [0.2, 0.25) is 10.0 Å². The minimum absolute atomic E-state index is 0.188. The summed E-state index contributed by atoms with van der Waals surface area (Å²) in [6.07, 6.45) is -3.61. The van der Waals surface area contributed by atoms with Crippen LogP contribution in [0.5, 0.6) is 0 Å². The summed E-state index contributed by atoms with van der Waals surface area (Å²) < 4.78 is 39.5. The van der Waals surface area contributed by atoms with Crippen LogP contribution < -0.4 is 4.90 Å². The van der Waals surface area contributed by atoms with E-state index in [4.69, 9.17) is 23.2 Å². The molecule has 0 N–H and O–H groups in total. The molecule has 2 heterocycles. The number of amides is 2. The van der Waals surface area contributed by atoms with Crippen LogP contribution in [0.15, 0.2) is 42.5 Å². The van der Waals surface area contributed by atoms with Gasteiger partial charge in [0.25, 0.3) is 5.91 Å². The Kier molecular flexibility index (Phi) is 5.91. The molecule has 2 saturated heterocycles. The molecule has 2 aliphatic heterocycles. The molecule has 164 valence electrons. The molecule has 2 aromatic carbocycles. The maximum atomic E-state index is 13.2. The second-order valence-electron chi connectivity index (χ2n) is 7.43. The van der Waals surface area contributed by atoms with Crippen molar-refractivity contribution in [3.8, 4) is 0 Å². The van der Waals surface area contributed by atoms with Crippen LogP contribution in [0.3, 0.4) is 0 Å². The molecular weight excluding hydrogens is 472 g/mol. The quantitative estimate of drug-likeness (QED) is 0.542. The maximum Gasteiger partial charge on any atom is 0.416 e. The predicted octanol–water partition coefficient (Wildman–Crippen LogP) is 5.72. The molecule has 0 saturated carbocycles. The van der Waals surface area contributed by atoms with Crippen LogP contribution in [-0.2, 0) is 11.0 Å². The number of halogens is 5. The van der Waals surface area contributed by atoms with E-state index in [1.165, 1.54) is 34.9 Å². The van der Waals surface area contributed by atoms with E-state index in [0.29, 0.717) is 36.5 Å². The van der Waals surface area contributed by atoms with Gasteiger partial charge in [-0.3, -0.25) is 14.5 Å². The molecule has 31 heavy (non-hydrogen) atoms. The zero-order valence-electron chi connectivity index (χ0n) is 16.1. The van der Waals surface area contributed by atoms with Gasteiger partial charge in [-0.15, -0.1) is 11.8 Å². The molecule has 0 radical (unpaired) electrons. The average Bonchev–Trinajstić information content (AvgIpc) is 3.03. The summed E-state index contributed by atoms with van der Waals surface area (Å²) in [5.41, 5.74) is -0.230. The zero-order valence-corrected chi connectivity index (χ0v) is 18.4. The Morgan fingerprint density at radius 2 is 1.77 bits per heavy atom. The van der Waals surface area contributed by atoms with Gasteiger partial charge in [-0.1, -0.05) is 29.3 Å². The van der Waals surface area contributed by atoms with Gasteiger partial charge >= 0.3 is 6.18 Å². The highest BCUT2D eigenvalue weighted by molar-refractivity contribution is 8.02. The summed E-state index contributed by atoms with van der Waals surface area (Å²) in [5.74, 6) is -0.283. The summed E-state index contributed by atoms with van der Waals surface area (Å²) in [5, 5.41) is 0.686. The van der Waals surface area contributed by atoms with Gasteiger partial charge in [0.05, 0.1) is 26.8 Å². The van der Waals surface area contributed by atoms with Crippen molar-refractivity contribution in [2.45, 2.75) is 23.9 Å². The molecule has 0 aromatic heterocycles. The van der Waals surface area contributed by atoms with Crippen molar-refractivity contribution in [3.63, 3.8) is 0 Å². The highest BCUT2D eigenvalue weighted by Gasteiger charge is 2.49. The van der Waals surface area contributed by atoms with E-state index in [-0.39, 0.29) is 28.3 Å². The number of anilines is 1. The van der Waals surface area contributed by atoms with Crippen molar-refractivity contribution in [1.29, 1.82) is 0 Å². The molecule has 0 unspecified atom stereocenters. The number of rotatable bonds is 2. The number of hydrogen-bond donors (Lipinski definition) is 0. The lowest BCUT2D eigenvalue weighted by Crippen LogP contribution is -2.53. The molecule has 2 amide bonds. The van der Waals surface area contributed by atoms with Crippen LogP contribution in [0.4, 0.5) is 18.9 Å². The lowest BCUT2D eigenvalue weighted by molar-refractivity contribution is -0.137. The number of benzene rings is 2. The van der Waals surface area contributed by atoms with Crippen LogP contribution in [0.1, 0.15) is 28.8 Å². The second kappa shape index (κ2) is 8.22. The molecule has 0 aliphatic carbocycles. The minimum atomic E-state index is -4.49. The number of carbonyl (C=O) groups is 2. The van der Waals surface area contributed by atoms with E-state index >= 15 is 0 Å². The van der Waals surface area contributed by atoms with Crippen molar-refractivity contribution >= 4 is 52.5 Å². The van der Waals surface area contributed by atoms with Crippen molar-refractivity contribution in [3.05, 3.63) is 63.6 Å². The zero-order chi connectivity index (χ0) is 22.4. The number of piperidine rings is 1. The van der Waals surface area contributed by atoms with E-state index in [1.807, 2.05) is 0 Å². The molecule has 10 heteroatoms. The third kappa shape index (κ3) is 4.25. The fourth-order valence-corrected chi connectivity index (χ4v) is 5.83. The summed E-state index contributed by atoms with van der Waals surface area (Å²) in [4.78, 5) is 28.0. The summed E-state index contributed by atoms with van der Waals surface area (Å²) in [6, 6.07) is 9.49. The highest BCUT2D eigenvalue weighted by Crippen LogP contribution is 2.47. The number of alkyl halides is 3. The predicted molar refractivity (Wildman–Crippen MR) is 116 cm³/mol. The number of carbonyl (C=O) groups excluding carboxylic acids is 2. The highest BCUT2D eigenvalue weighted by atomic mass is 35.5. The summed E-state index contributed by atoms with van der Waals surface area (Å²) >= 11 is 13.5. The number of nitrogens with zero attached hydrogens (tertiary/aromatic N) is 2. The molecule has 2 aliphatic rings. The number of likely N-dealkylation sites (tertiary alicyclic amines) is 1. The van der Waals surface area contributed by atoms with Gasteiger partial charge in [-0.05, 0) is 49.2 Å². The first kappa shape index (κ1) is 22.3. The van der Waals surface area contributed by atoms with Crippen LogP contribution in [0, 0.1) is 0 Å². The van der Waals surface area contributed by atoms with Gasteiger partial charge < -0.3 is 4.90 Å². The standard InChI is InChI=1S/C21H17Cl2F3N2O2S/c22-14-4-5-16(17(23)11-14)19(30)27-8-6-20(7-9-27)28(18(29)12-31-20)15-3-1-2-13(10-15)21(24,25)26/h1-5,10-11H,6-9,12H2. The average molecular weight is 489 g/mol. The Bertz CT molecular complexity index is 1040. The molecule has 4 rings (SSSR count). The topological polar surface area (TPSA) is 40.6 Å². The first-order valence-electron chi connectivity index (χ1n) is 9.49. The van der Waals surface area contributed by atoms with Gasteiger partial charge in [-0.25, -0.2) is 0 Å². The first-order valence-corrected chi connectivity index (χ1v) is 11.2. The third-order valence-corrected chi connectivity index (χ3v) is 7.61. The fourth-order valence-electron chi connectivity index (χ4n) is 4.01. The maximum absolute atomic E-state index is 13.2. The third-order valence-electron chi connectivity index (χ3n) is 5.55. The van der Waals surface area contributed by atoms with E-state index in [2.05, 4.69) is 0 Å². The van der Waals surface area contributed by atoms with E-state index in [1.54, 1.807) is 17.0 Å². The lowest BCUT2D eigenvalue weighted by atomic mass is 9.99. The van der Waals surface area contributed by atoms with Crippen LogP contribution >= 0.6 is 35.0 Å². The lowest BCUT2D eigenvalue weighted by Gasteiger charge is -2.44. The Labute approximate surface area is 191 Å². The SMILES string of the molecule is O=C(c1ccc(Cl)cc1Cl)N1CCC2(CC1)SCC(=O)N2c1cccc(C(F)(F)F)c1. The number of thioether (sulfide) groups is 1. The first-order chi connectivity index (χ1) is 14.6. The van der Waals surface area contributed by atoms with Gasteiger partial charge in [0.1, 0.15) is 0 Å². The monoisotopic (exact) mass is 488 g/mol. The van der Waals surface area contributed by atoms with Crippen molar-refractivity contribution < 1.29 is 22.8 Å².